The SMILES string of the molecule is C=C(C)CN(CC)C(=O)C(CC(C)C)N1C(=O)C2CC=CCC2C1=O. The Morgan fingerprint density at radius 3 is 2.16 bits per heavy atom. The largest absolute Gasteiger partial charge is 0.337 e. The summed E-state index contributed by atoms with van der Waals surface area (Å²) in [5.41, 5.74) is 0.885. The Balaban J connectivity index is 2.30. The zero-order valence-corrected chi connectivity index (χ0v) is 15.8. The molecule has 3 amide bonds. The number of likely N-dealkylation sites (tertiary alicyclic amines) is 1. The Kier molecular flexibility index (Phi) is 6.20. The van der Waals surface area contributed by atoms with E-state index in [1.165, 1.54) is 4.90 Å². The highest BCUT2D eigenvalue weighted by Gasteiger charge is 2.51. The molecule has 25 heavy (non-hydrogen) atoms. The number of allylic oxidation sites excluding steroid dienone is 2. The predicted molar refractivity (Wildman–Crippen MR) is 97.5 cm³/mol. The van der Waals surface area contributed by atoms with Gasteiger partial charge in [0, 0.05) is 13.1 Å². The summed E-state index contributed by atoms with van der Waals surface area (Å²) in [6.45, 7) is 12.7. The molecule has 0 N–H and O–H groups in total. The molecule has 1 aliphatic heterocycles. The summed E-state index contributed by atoms with van der Waals surface area (Å²) in [6.07, 6.45) is 5.62. The van der Waals surface area contributed by atoms with Gasteiger partial charge in [0.05, 0.1) is 11.8 Å². The zero-order valence-electron chi connectivity index (χ0n) is 15.8. The summed E-state index contributed by atoms with van der Waals surface area (Å²) in [5, 5.41) is 0. The van der Waals surface area contributed by atoms with Gasteiger partial charge in [-0.3, -0.25) is 19.3 Å². The second kappa shape index (κ2) is 7.98. The molecule has 1 fully saturated rings. The van der Waals surface area contributed by atoms with Crippen LogP contribution in [0.2, 0.25) is 0 Å². The first kappa shape index (κ1) is 19.4. The third kappa shape index (κ3) is 4.02. The summed E-state index contributed by atoms with van der Waals surface area (Å²) in [6, 6.07) is -0.704. The average molecular weight is 346 g/mol. The maximum atomic E-state index is 13.2. The van der Waals surface area contributed by atoms with E-state index in [0.717, 1.165) is 5.57 Å². The van der Waals surface area contributed by atoms with Crippen LogP contribution in [0.25, 0.3) is 0 Å². The van der Waals surface area contributed by atoms with Gasteiger partial charge >= 0.3 is 0 Å². The Labute approximate surface area is 150 Å². The highest BCUT2D eigenvalue weighted by Crippen LogP contribution is 2.37. The lowest BCUT2D eigenvalue weighted by Gasteiger charge is -2.32. The van der Waals surface area contributed by atoms with Crippen molar-refractivity contribution in [1.82, 2.24) is 9.80 Å². The zero-order chi connectivity index (χ0) is 18.7. The molecular formula is C20H30N2O3. The second-order valence-electron chi connectivity index (χ2n) is 7.66. The van der Waals surface area contributed by atoms with Crippen molar-refractivity contribution in [3.8, 4) is 0 Å². The van der Waals surface area contributed by atoms with E-state index in [0.29, 0.717) is 32.4 Å². The molecule has 1 aliphatic carbocycles. The predicted octanol–water partition coefficient (Wildman–Crippen LogP) is 2.78. The van der Waals surface area contributed by atoms with Crippen molar-refractivity contribution in [3.05, 3.63) is 24.3 Å². The van der Waals surface area contributed by atoms with Crippen LogP contribution in [0.1, 0.15) is 47.0 Å². The van der Waals surface area contributed by atoms with E-state index < -0.39 is 6.04 Å². The second-order valence-corrected chi connectivity index (χ2v) is 7.66. The Hall–Kier alpha value is -1.91. The third-order valence-electron chi connectivity index (χ3n) is 4.99. The first-order chi connectivity index (χ1) is 11.8. The topological polar surface area (TPSA) is 57.7 Å². The molecule has 1 saturated heterocycles. The summed E-state index contributed by atoms with van der Waals surface area (Å²) in [5.74, 6) is -0.881. The van der Waals surface area contributed by atoms with Gasteiger partial charge < -0.3 is 4.90 Å². The number of nitrogens with zero attached hydrogens (tertiary/aromatic N) is 2. The number of rotatable bonds is 7. The van der Waals surface area contributed by atoms with Gasteiger partial charge in [-0.15, -0.1) is 0 Å². The molecule has 0 aromatic rings. The number of amides is 3. The van der Waals surface area contributed by atoms with Crippen LogP contribution >= 0.6 is 0 Å². The molecule has 5 heteroatoms. The van der Waals surface area contributed by atoms with E-state index in [9.17, 15) is 14.4 Å². The van der Waals surface area contributed by atoms with Gasteiger partial charge in [-0.2, -0.15) is 0 Å². The summed E-state index contributed by atoms with van der Waals surface area (Å²) in [7, 11) is 0. The monoisotopic (exact) mass is 346 g/mol. The molecule has 1 heterocycles. The van der Waals surface area contributed by atoms with Gasteiger partial charge in [0.2, 0.25) is 17.7 Å². The lowest BCUT2D eigenvalue weighted by atomic mass is 9.85. The fourth-order valence-corrected chi connectivity index (χ4v) is 3.78. The van der Waals surface area contributed by atoms with Crippen molar-refractivity contribution in [2.75, 3.05) is 13.1 Å². The number of carbonyl (C=O) groups excluding carboxylic acids is 3. The molecule has 5 nitrogen and oxygen atoms in total. The molecule has 0 spiro atoms. The van der Waals surface area contributed by atoms with Crippen LogP contribution in [-0.2, 0) is 14.4 Å². The van der Waals surface area contributed by atoms with Crippen molar-refractivity contribution in [1.29, 1.82) is 0 Å². The lowest BCUT2D eigenvalue weighted by molar-refractivity contribution is -0.152. The maximum Gasteiger partial charge on any atom is 0.246 e. The maximum absolute atomic E-state index is 13.2. The van der Waals surface area contributed by atoms with E-state index in [-0.39, 0.29) is 35.5 Å². The van der Waals surface area contributed by atoms with Gasteiger partial charge in [0.15, 0.2) is 0 Å². The molecule has 0 radical (unpaired) electrons. The molecule has 0 aromatic heterocycles. The molecule has 2 aliphatic rings. The Morgan fingerprint density at radius 1 is 1.24 bits per heavy atom. The van der Waals surface area contributed by atoms with Gasteiger partial charge in [-0.05, 0) is 39.0 Å². The van der Waals surface area contributed by atoms with Crippen LogP contribution < -0.4 is 0 Å². The number of likely N-dealkylation sites (N-methyl/N-ethyl adjacent to an activating group) is 1. The summed E-state index contributed by atoms with van der Waals surface area (Å²) >= 11 is 0. The van der Waals surface area contributed by atoms with E-state index >= 15 is 0 Å². The van der Waals surface area contributed by atoms with E-state index in [1.54, 1.807) is 4.90 Å². The first-order valence-corrected chi connectivity index (χ1v) is 9.22. The van der Waals surface area contributed by atoms with Crippen molar-refractivity contribution >= 4 is 17.7 Å². The van der Waals surface area contributed by atoms with Crippen LogP contribution in [0.3, 0.4) is 0 Å². The fraction of sp³-hybridized carbons (Fsp3) is 0.650. The molecule has 0 aromatic carbocycles. The van der Waals surface area contributed by atoms with E-state index in [2.05, 4.69) is 6.58 Å². The van der Waals surface area contributed by atoms with Gasteiger partial charge in [-0.1, -0.05) is 38.2 Å². The number of hydrogen-bond acceptors (Lipinski definition) is 3. The number of fused-ring (bicyclic) bond motifs is 1. The van der Waals surface area contributed by atoms with Crippen LogP contribution in [0, 0.1) is 17.8 Å². The summed E-state index contributed by atoms with van der Waals surface area (Å²) < 4.78 is 0. The molecule has 0 saturated carbocycles. The Bertz CT molecular complexity index is 568. The van der Waals surface area contributed by atoms with Gasteiger partial charge in [-0.25, -0.2) is 0 Å². The number of hydrogen-bond donors (Lipinski definition) is 0. The van der Waals surface area contributed by atoms with Crippen LogP contribution in [-0.4, -0.2) is 46.7 Å². The van der Waals surface area contributed by atoms with Gasteiger partial charge in [0.25, 0.3) is 0 Å². The van der Waals surface area contributed by atoms with Gasteiger partial charge in [0.1, 0.15) is 6.04 Å². The third-order valence-corrected chi connectivity index (χ3v) is 4.99. The molecular weight excluding hydrogens is 316 g/mol. The fourth-order valence-electron chi connectivity index (χ4n) is 3.78. The highest BCUT2D eigenvalue weighted by atomic mass is 16.2. The van der Waals surface area contributed by atoms with Crippen LogP contribution in [0.4, 0.5) is 0 Å². The van der Waals surface area contributed by atoms with E-state index in [1.807, 2.05) is 39.8 Å². The van der Waals surface area contributed by atoms with E-state index in [4.69, 9.17) is 0 Å². The number of carbonyl (C=O) groups is 3. The number of imide groups is 1. The molecule has 138 valence electrons. The van der Waals surface area contributed by atoms with Crippen LogP contribution in [0.5, 0.6) is 0 Å². The smallest absolute Gasteiger partial charge is 0.246 e. The minimum Gasteiger partial charge on any atom is -0.337 e. The van der Waals surface area contributed by atoms with Crippen molar-refractivity contribution in [3.63, 3.8) is 0 Å². The minimum atomic E-state index is -0.704. The molecule has 3 atom stereocenters. The van der Waals surface area contributed by atoms with Crippen LogP contribution in [0.15, 0.2) is 24.3 Å². The minimum absolute atomic E-state index is 0.146. The van der Waals surface area contributed by atoms with Crippen molar-refractivity contribution in [2.45, 2.75) is 53.0 Å². The molecule has 0 bridgehead atoms. The summed E-state index contributed by atoms with van der Waals surface area (Å²) in [4.78, 5) is 41.9. The highest BCUT2D eigenvalue weighted by molar-refractivity contribution is 6.08. The molecule has 2 rings (SSSR count). The normalized spacial score (nSPS) is 23.8. The quantitative estimate of drug-likeness (QED) is 0.526. The molecule has 3 unspecified atom stereocenters. The standard InChI is InChI=1S/C20H30N2O3/c1-6-21(12-14(4)5)20(25)17(11-13(2)3)22-18(23)15-9-7-8-10-16(15)19(22)24/h7-8,13,15-17H,4,6,9-12H2,1-3,5H3. The van der Waals surface area contributed by atoms with Crippen molar-refractivity contribution in [2.24, 2.45) is 17.8 Å². The Morgan fingerprint density at radius 2 is 1.76 bits per heavy atom. The average Bonchev–Trinajstić information content (AvgIpc) is 2.81. The lowest BCUT2D eigenvalue weighted by Crippen LogP contribution is -2.52. The first-order valence-electron chi connectivity index (χ1n) is 9.22. The van der Waals surface area contributed by atoms with Crippen molar-refractivity contribution < 1.29 is 14.4 Å².